The Morgan fingerprint density at radius 3 is 2.77 bits per heavy atom. The van der Waals surface area contributed by atoms with Crippen LogP contribution in [0.2, 0.25) is 5.02 Å². The van der Waals surface area contributed by atoms with Crippen LogP contribution in [0.4, 0.5) is 5.69 Å². The second-order valence-corrected chi connectivity index (χ2v) is 4.45. The van der Waals surface area contributed by atoms with Gasteiger partial charge in [0.05, 0.1) is 5.02 Å². The van der Waals surface area contributed by atoms with Crippen LogP contribution in [0.25, 0.3) is 10.1 Å². The molecule has 0 unspecified atom stereocenters. The smallest absolute Gasteiger partial charge is 0.0612 e. The van der Waals surface area contributed by atoms with Gasteiger partial charge in [-0.3, -0.25) is 0 Å². The lowest BCUT2D eigenvalue weighted by molar-refractivity contribution is 1.14. The fourth-order valence-electron chi connectivity index (χ4n) is 1.40. The van der Waals surface area contributed by atoms with E-state index in [-0.39, 0.29) is 0 Å². The second kappa shape index (κ2) is 3.20. The van der Waals surface area contributed by atoms with Gasteiger partial charge in [0.2, 0.25) is 0 Å². The van der Waals surface area contributed by atoms with Gasteiger partial charge in [0, 0.05) is 35.2 Å². The molecular weight excluding hydrogens is 202 g/mol. The number of hydrogen-bond acceptors (Lipinski definition) is 2. The standard InChI is InChI=1S/C10H10ClNS/c1-12(2)8-4-3-5-9-10(8)7(11)6-13-9/h3-6H,1-2H3. The number of thiophene rings is 1. The van der Waals surface area contributed by atoms with Gasteiger partial charge < -0.3 is 4.90 Å². The van der Waals surface area contributed by atoms with Crippen molar-refractivity contribution in [2.45, 2.75) is 0 Å². The number of hydrogen-bond donors (Lipinski definition) is 0. The Bertz CT molecular complexity index is 433. The molecule has 1 nitrogen and oxygen atoms in total. The van der Waals surface area contributed by atoms with E-state index < -0.39 is 0 Å². The summed E-state index contributed by atoms with van der Waals surface area (Å²) in [5.74, 6) is 0. The first-order valence-corrected chi connectivity index (χ1v) is 5.29. The van der Waals surface area contributed by atoms with E-state index in [2.05, 4.69) is 23.1 Å². The monoisotopic (exact) mass is 211 g/mol. The molecule has 2 rings (SSSR count). The first-order valence-electron chi connectivity index (χ1n) is 4.03. The molecule has 0 fully saturated rings. The van der Waals surface area contributed by atoms with Gasteiger partial charge >= 0.3 is 0 Å². The number of fused-ring (bicyclic) bond motifs is 1. The maximum Gasteiger partial charge on any atom is 0.0612 e. The largest absolute Gasteiger partial charge is 0.377 e. The number of anilines is 1. The van der Waals surface area contributed by atoms with E-state index >= 15 is 0 Å². The molecule has 1 aromatic heterocycles. The third-order valence-electron chi connectivity index (χ3n) is 2.01. The summed E-state index contributed by atoms with van der Waals surface area (Å²) in [7, 11) is 4.06. The van der Waals surface area contributed by atoms with Crippen LogP contribution in [0.1, 0.15) is 0 Å². The Labute approximate surface area is 86.5 Å². The molecule has 0 N–H and O–H groups in total. The van der Waals surface area contributed by atoms with Crippen molar-refractivity contribution in [3.05, 3.63) is 28.6 Å². The molecule has 13 heavy (non-hydrogen) atoms. The zero-order chi connectivity index (χ0) is 9.42. The first kappa shape index (κ1) is 8.85. The lowest BCUT2D eigenvalue weighted by Gasteiger charge is -2.13. The highest BCUT2D eigenvalue weighted by Crippen LogP contribution is 2.36. The van der Waals surface area contributed by atoms with Crippen molar-refractivity contribution in [2.24, 2.45) is 0 Å². The van der Waals surface area contributed by atoms with Gasteiger partial charge in [-0.2, -0.15) is 0 Å². The van der Waals surface area contributed by atoms with Gasteiger partial charge in [0.25, 0.3) is 0 Å². The molecule has 0 bridgehead atoms. The summed E-state index contributed by atoms with van der Waals surface area (Å²) in [4.78, 5) is 2.08. The highest BCUT2D eigenvalue weighted by molar-refractivity contribution is 7.18. The molecule has 0 spiro atoms. The molecule has 1 aromatic carbocycles. The minimum atomic E-state index is 0.851. The van der Waals surface area contributed by atoms with E-state index in [0.717, 1.165) is 5.02 Å². The van der Waals surface area contributed by atoms with Crippen LogP contribution >= 0.6 is 22.9 Å². The van der Waals surface area contributed by atoms with E-state index in [0.29, 0.717) is 0 Å². The van der Waals surface area contributed by atoms with Crippen molar-refractivity contribution >= 4 is 38.7 Å². The van der Waals surface area contributed by atoms with Crippen LogP contribution in [-0.2, 0) is 0 Å². The summed E-state index contributed by atoms with van der Waals surface area (Å²) < 4.78 is 1.25. The van der Waals surface area contributed by atoms with E-state index in [9.17, 15) is 0 Å². The number of halogens is 1. The predicted molar refractivity (Wildman–Crippen MR) is 61.2 cm³/mol. The lowest BCUT2D eigenvalue weighted by Crippen LogP contribution is -2.08. The Kier molecular flexibility index (Phi) is 2.18. The van der Waals surface area contributed by atoms with E-state index in [1.807, 2.05) is 19.5 Å². The molecule has 0 aliphatic rings. The molecule has 2 aromatic rings. The Hall–Kier alpha value is -0.730. The Morgan fingerprint density at radius 1 is 1.31 bits per heavy atom. The summed E-state index contributed by atoms with van der Waals surface area (Å²) in [5, 5.41) is 4.00. The highest BCUT2D eigenvalue weighted by atomic mass is 35.5. The highest BCUT2D eigenvalue weighted by Gasteiger charge is 2.07. The van der Waals surface area contributed by atoms with Crippen LogP contribution in [-0.4, -0.2) is 14.1 Å². The summed E-state index contributed by atoms with van der Waals surface area (Å²) in [6.45, 7) is 0. The SMILES string of the molecule is CN(C)c1cccc2scc(Cl)c12. The predicted octanol–water partition coefficient (Wildman–Crippen LogP) is 3.62. The summed E-state index contributed by atoms with van der Waals surface area (Å²) in [5.41, 5.74) is 1.18. The van der Waals surface area contributed by atoms with Gasteiger partial charge in [-0.05, 0) is 12.1 Å². The van der Waals surface area contributed by atoms with Crippen molar-refractivity contribution in [3.8, 4) is 0 Å². The quantitative estimate of drug-likeness (QED) is 0.697. The van der Waals surface area contributed by atoms with Crippen molar-refractivity contribution in [1.29, 1.82) is 0 Å². The minimum absolute atomic E-state index is 0.851. The van der Waals surface area contributed by atoms with E-state index in [1.54, 1.807) is 11.3 Å². The molecule has 1 heterocycles. The molecule has 3 heteroatoms. The number of nitrogens with zero attached hydrogens (tertiary/aromatic N) is 1. The van der Waals surface area contributed by atoms with Crippen molar-refractivity contribution in [2.75, 3.05) is 19.0 Å². The lowest BCUT2D eigenvalue weighted by atomic mass is 10.2. The number of rotatable bonds is 1. The molecular formula is C10H10ClNS. The summed E-state index contributed by atoms with van der Waals surface area (Å²) in [6, 6.07) is 6.24. The van der Waals surface area contributed by atoms with Crippen molar-refractivity contribution in [3.63, 3.8) is 0 Å². The summed E-state index contributed by atoms with van der Waals surface area (Å²) in [6.07, 6.45) is 0. The zero-order valence-electron chi connectivity index (χ0n) is 7.54. The fourth-order valence-corrected chi connectivity index (χ4v) is 2.63. The van der Waals surface area contributed by atoms with Gasteiger partial charge in [-0.1, -0.05) is 17.7 Å². The van der Waals surface area contributed by atoms with Crippen LogP contribution in [0, 0.1) is 0 Å². The topological polar surface area (TPSA) is 3.24 Å². The molecule has 0 aliphatic heterocycles. The third kappa shape index (κ3) is 1.40. The van der Waals surface area contributed by atoms with Crippen LogP contribution in [0.5, 0.6) is 0 Å². The normalized spacial score (nSPS) is 10.7. The first-order chi connectivity index (χ1) is 6.20. The molecule has 0 aliphatic carbocycles. The molecule has 0 saturated heterocycles. The number of benzene rings is 1. The zero-order valence-corrected chi connectivity index (χ0v) is 9.12. The molecule has 0 radical (unpaired) electrons. The van der Waals surface area contributed by atoms with Gasteiger partial charge in [0.1, 0.15) is 0 Å². The maximum atomic E-state index is 6.11. The molecule has 0 amide bonds. The maximum absolute atomic E-state index is 6.11. The fraction of sp³-hybridized carbons (Fsp3) is 0.200. The van der Waals surface area contributed by atoms with Crippen molar-refractivity contribution < 1.29 is 0 Å². The average molecular weight is 212 g/mol. The molecule has 0 saturated carbocycles. The van der Waals surface area contributed by atoms with Gasteiger partial charge in [0.15, 0.2) is 0 Å². The Balaban J connectivity index is 2.80. The second-order valence-electron chi connectivity index (χ2n) is 3.13. The Morgan fingerprint density at radius 2 is 2.08 bits per heavy atom. The average Bonchev–Trinajstić information content (AvgIpc) is 2.48. The molecule has 0 atom stereocenters. The van der Waals surface area contributed by atoms with Gasteiger partial charge in [-0.15, -0.1) is 11.3 Å². The van der Waals surface area contributed by atoms with E-state index in [4.69, 9.17) is 11.6 Å². The van der Waals surface area contributed by atoms with Crippen LogP contribution < -0.4 is 4.90 Å². The van der Waals surface area contributed by atoms with Crippen LogP contribution in [0.15, 0.2) is 23.6 Å². The van der Waals surface area contributed by atoms with Gasteiger partial charge in [-0.25, -0.2) is 0 Å². The van der Waals surface area contributed by atoms with Crippen LogP contribution in [0.3, 0.4) is 0 Å². The van der Waals surface area contributed by atoms with E-state index in [1.165, 1.54) is 15.8 Å². The minimum Gasteiger partial charge on any atom is -0.377 e. The summed E-state index contributed by atoms with van der Waals surface area (Å²) >= 11 is 7.79. The molecule has 68 valence electrons. The van der Waals surface area contributed by atoms with Crippen molar-refractivity contribution in [1.82, 2.24) is 0 Å². The third-order valence-corrected chi connectivity index (χ3v) is 3.39.